The van der Waals surface area contributed by atoms with Crippen molar-refractivity contribution >= 4 is 22.4 Å². The number of hydrogen-bond acceptors (Lipinski definition) is 4. The molecule has 0 spiro atoms. The fourth-order valence-corrected chi connectivity index (χ4v) is 2.79. The summed E-state index contributed by atoms with van der Waals surface area (Å²) >= 11 is 1.20. The van der Waals surface area contributed by atoms with Gasteiger partial charge in [-0.3, -0.25) is 4.79 Å². The molecule has 108 valence electrons. The first-order chi connectivity index (χ1) is 10.2. The number of nitrogen functional groups attached to an aromatic ring is 1. The molecular weight excluding hydrogens is 282 g/mol. The molecule has 1 aromatic heterocycles. The zero-order chi connectivity index (χ0) is 15.2. The highest BCUT2D eigenvalue weighted by Crippen LogP contribution is 2.30. The van der Waals surface area contributed by atoms with E-state index in [1.807, 2.05) is 30.3 Å². The summed E-state index contributed by atoms with van der Waals surface area (Å²) in [5.74, 6) is -0.108. The molecule has 0 bridgehead atoms. The van der Waals surface area contributed by atoms with E-state index in [0.29, 0.717) is 28.8 Å². The lowest BCUT2D eigenvalue weighted by atomic mass is 10.1. The molecule has 0 aliphatic heterocycles. The highest BCUT2D eigenvalue weighted by atomic mass is 32.1. The van der Waals surface area contributed by atoms with E-state index in [4.69, 9.17) is 5.73 Å². The minimum Gasteiger partial charge on any atom is -0.375 e. The van der Waals surface area contributed by atoms with E-state index < -0.39 is 0 Å². The summed E-state index contributed by atoms with van der Waals surface area (Å²) in [4.78, 5) is 19.2. The van der Waals surface area contributed by atoms with Gasteiger partial charge >= 0.3 is 0 Å². The van der Waals surface area contributed by atoms with Crippen LogP contribution in [0.5, 0.6) is 0 Å². The zero-order valence-electron chi connectivity index (χ0n) is 11.7. The monoisotopic (exact) mass is 299 g/mol. The van der Waals surface area contributed by atoms with E-state index in [2.05, 4.69) is 18.1 Å². The van der Waals surface area contributed by atoms with E-state index in [0.717, 1.165) is 5.56 Å². The van der Waals surface area contributed by atoms with Gasteiger partial charge in [-0.15, -0.1) is 13.2 Å². The number of nitrogens with two attached hydrogens (primary N) is 1. The molecule has 0 saturated heterocycles. The number of carbonyl (C=O) groups excluding carboxylic acids is 1. The summed E-state index contributed by atoms with van der Waals surface area (Å²) in [6.45, 7) is 8.27. The number of aromatic nitrogens is 1. The van der Waals surface area contributed by atoms with Gasteiger partial charge in [0.15, 0.2) is 5.13 Å². The molecule has 1 amide bonds. The smallest absolute Gasteiger partial charge is 0.266 e. The van der Waals surface area contributed by atoms with Crippen molar-refractivity contribution in [3.8, 4) is 11.3 Å². The maximum atomic E-state index is 12.7. The van der Waals surface area contributed by atoms with Crippen molar-refractivity contribution < 1.29 is 4.79 Å². The summed E-state index contributed by atoms with van der Waals surface area (Å²) in [5, 5.41) is 0.384. The summed E-state index contributed by atoms with van der Waals surface area (Å²) in [6, 6.07) is 9.56. The van der Waals surface area contributed by atoms with Crippen LogP contribution >= 0.6 is 11.3 Å². The predicted molar refractivity (Wildman–Crippen MR) is 88.3 cm³/mol. The largest absolute Gasteiger partial charge is 0.375 e. The third-order valence-electron chi connectivity index (χ3n) is 2.87. The molecular formula is C16H17N3OS. The van der Waals surface area contributed by atoms with Gasteiger partial charge in [-0.25, -0.2) is 4.98 Å². The van der Waals surface area contributed by atoms with Gasteiger partial charge in [-0.05, 0) is 0 Å². The summed E-state index contributed by atoms with van der Waals surface area (Å²) in [6.07, 6.45) is 3.38. The Kier molecular flexibility index (Phi) is 4.90. The molecule has 21 heavy (non-hydrogen) atoms. The van der Waals surface area contributed by atoms with Gasteiger partial charge in [0.2, 0.25) is 0 Å². The molecule has 2 aromatic rings. The van der Waals surface area contributed by atoms with Crippen LogP contribution in [0, 0.1) is 0 Å². The van der Waals surface area contributed by atoms with Gasteiger partial charge in [-0.2, -0.15) is 0 Å². The third kappa shape index (κ3) is 3.38. The number of thiazole rings is 1. The van der Waals surface area contributed by atoms with Gasteiger partial charge < -0.3 is 10.6 Å². The maximum absolute atomic E-state index is 12.7. The number of anilines is 1. The highest BCUT2D eigenvalue weighted by Gasteiger charge is 2.22. The first kappa shape index (κ1) is 15.0. The number of carbonyl (C=O) groups is 1. The fourth-order valence-electron chi connectivity index (χ4n) is 1.97. The van der Waals surface area contributed by atoms with Crippen LogP contribution in [-0.2, 0) is 0 Å². The van der Waals surface area contributed by atoms with Gasteiger partial charge in [0.1, 0.15) is 4.88 Å². The number of benzene rings is 1. The highest BCUT2D eigenvalue weighted by molar-refractivity contribution is 7.17. The molecule has 5 heteroatoms. The van der Waals surface area contributed by atoms with Crippen molar-refractivity contribution in [2.24, 2.45) is 0 Å². The fraction of sp³-hybridized carbons (Fsp3) is 0.125. The van der Waals surface area contributed by atoms with E-state index in [1.165, 1.54) is 11.3 Å². The minimum atomic E-state index is -0.108. The molecule has 0 atom stereocenters. The first-order valence-corrected chi connectivity index (χ1v) is 7.31. The normalized spacial score (nSPS) is 10.1. The second kappa shape index (κ2) is 6.85. The van der Waals surface area contributed by atoms with Gasteiger partial charge in [0.25, 0.3) is 5.91 Å². The van der Waals surface area contributed by atoms with Crippen molar-refractivity contribution in [2.75, 3.05) is 18.8 Å². The van der Waals surface area contributed by atoms with Crippen LogP contribution in [0.3, 0.4) is 0 Å². The average molecular weight is 299 g/mol. The van der Waals surface area contributed by atoms with E-state index in [-0.39, 0.29) is 5.91 Å². The number of nitrogens with zero attached hydrogens (tertiary/aromatic N) is 2. The second-order valence-corrected chi connectivity index (χ2v) is 5.41. The summed E-state index contributed by atoms with van der Waals surface area (Å²) < 4.78 is 0. The van der Waals surface area contributed by atoms with Crippen LogP contribution in [0.15, 0.2) is 55.6 Å². The van der Waals surface area contributed by atoms with Crippen molar-refractivity contribution in [1.82, 2.24) is 9.88 Å². The van der Waals surface area contributed by atoms with E-state index >= 15 is 0 Å². The molecule has 2 N–H and O–H groups in total. The Morgan fingerprint density at radius 1 is 1.24 bits per heavy atom. The topological polar surface area (TPSA) is 59.2 Å². The van der Waals surface area contributed by atoms with E-state index in [9.17, 15) is 4.79 Å². The van der Waals surface area contributed by atoms with Crippen LogP contribution in [0.4, 0.5) is 5.13 Å². The summed E-state index contributed by atoms with van der Waals surface area (Å²) in [7, 11) is 0. The molecule has 0 unspecified atom stereocenters. The Labute approximate surface area is 128 Å². The predicted octanol–water partition coefficient (Wildman–Crippen LogP) is 3.21. The number of hydrogen-bond donors (Lipinski definition) is 1. The molecule has 1 aromatic carbocycles. The molecule has 1 heterocycles. The van der Waals surface area contributed by atoms with Crippen molar-refractivity contribution in [2.45, 2.75) is 0 Å². The Morgan fingerprint density at radius 2 is 1.86 bits per heavy atom. The van der Waals surface area contributed by atoms with Crippen LogP contribution in [0.2, 0.25) is 0 Å². The molecule has 0 radical (unpaired) electrons. The minimum absolute atomic E-state index is 0.108. The maximum Gasteiger partial charge on any atom is 0.266 e. The van der Waals surface area contributed by atoms with Crippen molar-refractivity contribution in [1.29, 1.82) is 0 Å². The molecule has 0 fully saturated rings. The van der Waals surface area contributed by atoms with E-state index in [1.54, 1.807) is 17.1 Å². The lowest BCUT2D eigenvalue weighted by molar-refractivity contribution is 0.0796. The first-order valence-electron chi connectivity index (χ1n) is 6.50. The van der Waals surface area contributed by atoms with Crippen LogP contribution < -0.4 is 5.73 Å². The molecule has 4 nitrogen and oxygen atoms in total. The third-order valence-corrected chi connectivity index (χ3v) is 3.74. The van der Waals surface area contributed by atoms with Crippen LogP contribution in [0.1, 0.15) is 9.67 Å². The summed E-state index contributed by atoms with van der Waals surface area (Å²) in [5.41, 5.74) is 7.31. The van der Waals surface area contributed by atoms with Crippen molar-refractivity contribution in [3.63, 3.8) is 0 Å². The number of rotatable bonds is 6. The Hall–Kier alpha value is -2.40. The molecule has 0 aliphatic rings. The standard InChI is InChI=1S/C16H17N3OS/c1-3-10-19(11-4-2)15(20)14-13(18-16(17)21-14)12-8-6-5-7-9-12/h3-9H,1-2,10-11H2,(H2,17,18). The quantitative estimate of drug-likeness (QED) is 0.833. The van der Waals surface area contributed by atoms with Crippen LogP contribution in [0.25, 0.3) is 11.3 Å². The van der Waals surface area contributed by atoms with Crippen LogP contribution in [-0.4, -0.2) is 28.9 Å². The Morgan fingerprint density at radius 3 is 2.43 bits per heavy atom. The Bertz CT molecular complexity index is 639. The Balaban J connectivity index is 2.41. The van der Waals surface area contributed by atoms with Crippen molar-refractivity contribution in [3.05, 3.63) is 60.5 Å². The lowest BCUT2D eigenvalue weighted by Crippen LogP contribution is -2.31. The van der Waals surface area contributed by atoms with Gasteiger partial charge in [-0.1, -0.05) is 53.8 Å². The average Bonchev–Trinajstić information content (AvgIpc) is 2.89. The zero-order valence-corrected chi connectivity index (χ0v) is 12.5. The second-order valence-electron chi connectivity index (χ2n) is 4.38. The van der Waals surface area contributed by atoms with Gasteiger partial charge in [0, 0.05) is 18.7 Å². The van der Waals surface area contributed by atoms with Gasteiger partial charge in [0.05, 0.1) is 5.69 Å². The molecule has 2 rings (SSSR count). The molecule has 0 saturated carbocycles. The lowest BCUT2D eigenvalue weighted by Gasteiger charge is -2.18. The number of amides is 1. The molecule has 0 aliphatic carbocycles. The SMILES string of the molecule is C=CCN(CC=C)C(=O)c1sc(N)nc1-c1ccccc1.